The molecule has 1 aromatic heterocycles. The van der Waals surface area contributed by atoms with Crippen molar-refractivity contribution >= 4 is 21.4 Å². The summed E-state index contributed by atoms with van der Waals surface area (Å²) in [6.45, 7) is 0.844. The fraction of sp³-hybridized carbons (Fsp3) is 0.636. The van der Waals surface area contributed by atoms with E-state index < -0.39 is 29.4 Å². The number of aliphatic hydroxyl groups excluding tert-OH is 1. The van der Waals surface area contributed by atoms with Gasteiger partial charge in [0.2, 0.25) is 10.0 Å². The number of thiophene rings is 1. The van der Waals surface area contributed by atoms with E-state index in [-0.39, 0.29) is 22.7 Å². The summed E-state index contributed by atoms with van der Waals surface area (Å²) < 4.78 is 62.8. The number of hydrogen-bond acceptors (Lipinski definition) is 4. The molecule has 0 spiro atoms. The van der Waals surface area contributed by atoms with Crippen LogP contribution in [0.5, 0.6) is 0 Å². The molecule has 9 heteroatoms. The number of sulfonamides is 1. The molecule has 0 atom stereocenters. The third-order valence-corrected chi connectivity index (χ3v) is 5.85. The first-order valence-electron chi connectivity index (χ1n) is 5.88. The molecule has 0 aliphatic heterocycles. The Kier molecular flexibility index (Phi) is 5.59. The van der Waals surface area contributed by atoms with Crippen molar-refractivity contribution in [3.63, 3.8) is 0 Å². The second-order valence-corrected chi connectivity index (χ2v) is 7.12. The highest BCUT2D eigenvalue weighted by Crippen LogP contribution is 2.31. The van der Waals surface area contributed by atoms with Crippen LogP contribution in [0.2, 0.25) is 0 Å². The van der Waals surface area contributed by atoms with Gasteiger partial charge in [0.15, 0.2) is 0 Å². The van der Waals surface area contributed by atoms with Crippen molar-refractivity contribution in [1.29, 1.82) is 0 Å². The van der Waals surface area contributed by atoms with Crippen molar-refractivity contribution in [3.8, 4) is 0 Å². The van der Waals surface area contributed by atoms with E-state index >= 15 is 0 Å². The Labute approximate surface area is 119 Å². The first-order chi connectivity index (χ1) is 9.13. The lowest BCUT2D eigenvalue weighted by molar-refractivity contribution is -0.136. The molecule has 0 aliphatic carbocycles. The van der Waals surface area contributed by atoms with Gasteiger partial charge in [-0.25, -0.2) is 8.42 Å². The number of alkyl halides is 3. The summed E-state index contributed by atoms with van der Waals surface area (Å²) in [6.07, 6.45) is -4.33. The summed E-state index contributed by atoms with van der Waals surface area (Å²) in [7, 11) is -4.26. The molecule has 0 unspecified atom stereocenters. The van der Waals surface area contributed by atoms with E-state index in [0.29, 0.717) is 9.87 Å². The second-order valence-electron chi connectivity index (χ2n) is 4.28. The minimum Gasteiger partial charge on any atom is -0.391 e. The molecule has 20 heavy (non-hydrogen) atoms. The van der Waals surface area contributed by atoms with E-state index in [9.17, 15) is 21.6 Å². The maximum Gasteiger partial charge on any atom is 0.402 e. The lowest BCUT2D eigenvalue weighted by Crippen LogP contribution is -2.39. The monoisotopic (exact) mass is 331 g/mol. The van der Waals surface area contributed by atoms with Gasteiger partial charge in [-0.1, -0.05) is 6.92 Å². The quantitative estimate of drug-likeness (QED) is 0.871. The van der Waals surface area contributed by atoms with Crippen LogP contribution in [0.4, 0.5) is 13.2 Å². The topological polar surface area (TPSA) is 57.6 Å². The Morgan fingerprint density at radius 2 is 2.00 bits per heavy atom. The third kappa shape index (κ3) is 3.94. The molecule has 1 N–H and O–H groups in total. The average molecular weight is 331 g/mol. The smallest absolute Gasteiger partial charge is 0.391 e. The van der Waals surface area contributed by atoms with Gasteiger partial charge in [0.05, 0.1) is 11.5 Å². The van der Waals surface area contributed by atoms with Crippen LogP contribution in [0.15, 0.2) is 10.3 Å². The van der Waals surface area contributed by atoms with E-state index in [1.54, 1.807) is 6.92 Å². The van der Waals surface area contributed by atoms with Crippen molar-refractivity contribution in [2.45, 2.75) is 37.9 Å². The maximum absolute atomic E-state index is 12.5. The Balaban J connectivity index is 3.26. The normalized spacial score (nSPS) is 13.2. The van der Waals surface area contributed by atoms with E-state index in [1.165, 1.54) is 12.3 Å². The molecular weight excluding hydrogens is 315 g/mol. The lowest BCUT2D eigenvalue weighted by Gasteiger charge is -2.23. The van der Waals surface area contributed by atoms with Gasteiger partial charge in [0, 0.05) is 6.54 Å². The van der Waals surface area contributed by atoms with Crippen LogP contribution >= 0.6 is 11.3 Å². The first kappa shape index (κ1) is 17.4. The van der Waals surface area contributed by atoms with E-state index in [4.69, 9.17) is 5.11 Å². The van der Waals surface area contributed by atoms with Gasteiger partial charge in [0.25, 0.3) is 0 Å². The summed E-state index contributed by atoms with van der Waals surface area (Å²) >= 11 is 1.02. The molecule has 0 radical (unpaired) electrons. The molecule has 1 aromatic rings. The number of rotatable bonds is 6. The van der Waals surface area contributed by atoms with Gasteiger partial charge in [-0.3, -0.25) is 0 Å². The summed E-state index contributed by atoms with van der Waals surface area (Å²) in [5.41, 5.74) is 0.349. The van der Waals surface area contributed by atoms with Crippen molar-refractivity contribution < 1.29 is 26.7 Å². The van der Waals surface area contributed by atoms with Gasteiger partial charge in [-0.05, 0) is 24.3 Å². The summed E-state index contributed by atoms with van der Waals surface area (Å²) in [5.74, 6) is 0. The van der Waals surface area contributed by atoms with Crippen LogP contribution in [-0.2, 0) is 16.6 Å². The molecule has 0 saturated heterocycles. The number of hydrogen-bond donors (Lipinski definition) is 1. The third-order valence-electron chi connectivity index (χ3n) is 2.56. The molecule has 0 fully saturated rings. The zero-order chi connectivity index (χ0) is 15.6. The first-order valence-corrected chi connectivity index (χ1v) is 8.20. The highest BCUT2D eigenvalue weighted by atomic mass is 32.2. The standard InChI is InChI=1S/C11H16F3NO3S2/c1-3-4-15(7-11(12,13)14)20(17,18)10-8(2)6-19-9(10)5-16/h6,16H,3-5,7H2,1-2H3. The molecule has 0 amide bonds. The number of aryl methyl sites for hydroxylation is 1. The fourth-order valence-corrected chi connectivity index (χ4v) is 4.94. The molecule has 0 aliphatic rings. The fourth-order valence-electron chi connectivity index (χ4n) is 1.81. The van der Waals surface area contributed by atoms with Crippen molar-refractivity contribution in [1.82, 2.24) is 4.31 Å². The van der Waals surface area contributed by atoms with Gasteiger partial charge in [-0.15, -0.1) is 11.3 Å². The highest BCUT2D eigenvalue weighted by Gasteiger charge is 2.38. The zero-order valence-electron chi connectivity index (χ0n) is 11.1. The number of halogens is 3. The second kappa shape index (κ2) is 6.42. The zero-order valence-corrected chi connectivity index (χ0v) is 12.7. The molecule has 116 valence electrons. The van der Waals surface area contributed by atoms with E-state index in [1.807, 2.05) is 0 Å². The molecule has 4 nitrogen and oxygen atoms in total. The lowest BCUT2D eigenvalue weighted by atomic mass is 10.3. The molecule has 0 aromatic carbocycles. The Morgan fingerprint density at radius 3 is 2.45 bits per heavy atom. The summed E-state index contributed by atoms with van der Waals surface area (Å²) in [4.78, 5) is -0.0477. The number of aliphatic hydroxyl groups is 1. The van der Waals surface area contributed by atoms with Gasteiger partial charge in [-0.2, -0.15) is 17.5 Å². The van der Waals surface area contributed by atoms with Crippen LogP contribution in [0, 0.1) is 6.92 Å². The minimum absolute atomic E-state index is 0.158. The Morgan fingerprint density at radius 1 is 1.40 bits per heavy atom. The molecule has 1 rings (SSSR count). The molecular formula is C11H16F3NO3S2. The van der Waals surface area contributed by atoms with Crippen molar-refractivity contribution in [3.05, 3.63) is 15.8 Å². The van der Waals surface area contributed by atoms with Crippen LogP contribution in [-0.4, -0.2) is 37.1 Å². The van der Waals surface area contributed by atoms with Gasteiger partial charge >= 0.3 is 6.18 Å². The van der Waals surface area contributed by atoms with Crippen LogP contribution in [0.25, 0.3) is 0 Å². The SMILES string of the molecule is CCCN(CC(F)(F)F)S(=O)(=O)c1c(C)csc1CO. The predicted octanol–water partition coefficient (Wildman–Crippen LogP) is 2.51. The average Bonchev–Trinajstić information content (AvgIpc) is 2.68. The summed E-state index contributed by atoms with van der Waals surface area (Å²) in [5, 5.41) is 10.7. The molecule has 0 bridgehead atoms. The number of nitrogens with zero attached hydrogens (tertiary/aromatic N) is 1. The van der Waals surface area contributed by atoms with Crippen molar-refractivity contribution in [2.24, 2.45) is 0 Å². The Hall–Kier alpha value is -0.640. The van der Waals surface area contributed by atoms with Crippen LogP contribution in [0.1, 0.15) is 23.8 Å². The van der Waals surface area contributed by atoms with Crippen LogP contribution in [0.3, 0.4) is 0 Å². The largest absolute Gasteiger partial charge is 0.402 e. The Bertz CT molecular complexity index is 552. The highest BCUT2D eigenvalue weighted by molar-refractivity contribution is 7.89. The summed E-state index contributed by atoms with van der Waals surface area (Å²) in [6, 6.07) is 0. The van der Waals surface area contributed by atoms with Gasteiger partial charge in [0.1, 0.15) is 11.4 Å². The van der Waals surface area contributed by atoms with Crippen molar-refractivity contribution in [2.75, 3.05) is 13.1 Å². The van der Waals surface area contributed by atoms with Crippen LogP contribution < -0.4 is 0 Å². The predicted molar refractivity (Wildman–Crippen MR) is 70.1 cm³/mol. The van der Waals surface area contributed by atoms with E-state index in [2.05, 4.69) is 0 Å². The van der Waals surface area contributed by atoms with E-state index in [0.717, 1.165) is 11.3 Å². The minimum atomic E-state index is -4.61. The maximum atomic E-state index is 12.5. The van der Waals surface area contributed by atoms with Gasteiger partial charge < -0.3 is 5.11 Å². The molecule has 0 saturated carbocycles. The molecule has 1 heterocycles.